The molecule has 3 aliphatic rings. The first-order chi connectivity index (χ1) is 18.1. The van der Waals surface area contributed by atoms with Gasteiger partial charge >= 0.3 is 0 Å². The number of nitrogens with zero attached hydrogens (tertiary/aromatic N) is 3. The molecule has 1 aromatic carbocycles. The Labute approximate surface area is 229 Å². The fourth-order valence-electron chi connectivity index (χ4n) is 5.40. The molecule has 6 atom stereocenters. The first-order valence-corrected chi connectivity index (χ1v) is 13.7. The third kappa shape index (κ3) is 4.68. The highest BCUT2D eigenvalue weighted by Crippen LogP contribution is 2.52. The smallest absolute Gasteiger partial charge is 0.284 e. The van der Waals surface area contributed by atoms with Crippen molar-refractivity contribution in [1.29, 1.82) is 0 Å². The molecule has 0 radical (unpaired) electrons. The maximum Gasteiger partial charge on any atom is 0.284 e. The van der Waals surface area contributed by atoms with Crippen LogP contribution in [0.4, 0.5) is 5.69 Å². The summed E-state index contributed by atoms with van der Waals surface area (Å²) in [5, 5.41) is 23.1. The second-order valence-corrected chi connectivity index (χ2v) is 11.8. The first-order valence-electron chi connectivity index (χ1n) is 12.4. The fraction of sp³-hybridized carbons (Fsp3) is 0.480. The van der Waals surface area contributed by atoms with Crippen molar-refractivity contribution >= 4 is 47.4 Å². The highest BCUT2D eigenvalue weighted by Gasteiger charge is 2.60. The lowest BCUT2D eigenvalue weighted by Crippen LogP contribution is -2.63. The molecular formula is C25H30N6O5S2. The Bertz CT molecular complexity index is 1350. The van der Waals surface area contributed by atoms with Crippen molar-refractivity contribution in [3.8, 4) is 11.5 Å². The van der Waals surface area contributed by atoms with E-state index < -0.39 is 17.9 Å². The van der Waals surface area contributed by atoms with Crippen LogP contribution in [0.25, 0.3) is 11.5 Å². The molecule has 13 heteroatoms. The Morgan fingerprint density at radius 1 is 1.32 bits per heavy atom. The number of hydrogen-bond acceptors (Lipinski definition) is 9. The SMILES string of the molecule is CC(O)C1C(=O)N2C(C(=O)Nc3ccc(-c4n[nH]c(=S)o4)cc3)=C(SC3CNC(C(=O)N(C)C)C3)C(C)C12. The summed E-state index contributed by atoms with van der Waals surface area (Å²) < 4.78 is 5.33. The van der Waals surface area contributed by atoms with Gasteiger partial charge < -0.3 is 30.0 Å². The van der Waals surface area contributed by atoms with E-state index in [1.165, 1.54) is 4.90 Å². The monoisotopic (exact) mass is 558 g/mol. The molecule has 0 bridgehead atoms. The van der Waals surface area contributed by atoms with Crippen molar-refractivity contribution < 1.29 is 23.9 Å². The minimum atomic E-state index is -0.814. The van der Waals surface area contributed by atoms with Crippen LogP contribution in [0.15, 0.2) is 39.3 Å². The second kappa shape index (κ2) is 10.3. The van der Waals surface area contributed by atoms with Crippen molar-refractivity contribution in [2.24, 2.45) is 11.8 Å². The number of rotatable bonds is 7. The average Bonchev–Trinajstić information content (AvgIpc) is 3.57. The van der Waals surface area contributed by atoms with Gasteiger partial charge in [0, 0.05) is 48.0 Å². The highest BCUT2D eigenvalue weighted by atomic mass is 32.2. The lowest BCUT2D eigenvalue weighted by molar-refractivity contribution is -0.160. The summed E-state index contributed by atoms with van der Waals surface area (Å²) in [5.41, 5.74) is 1.55. The summed E-state index contributed by atoms with van der Waals surface area (Å²) in [6.07, 6.45) is -0.192. The third-order valence-corrected chi connectivity index (χ3v) is 8.96. The zero-order valence-corrected chi connectivity index (χ0v) is 23.1. The van der Waals surface area contributed by atoms with Crippen LogP contribution in [-0.2, 0) is 14.4 Å². The number of aliphatic hydroxyl groups excluding tert-OH is 1. The number of likely N-dealkylation sites (N-methyl/N-ethyl adjacent to an activating group) is 1. The highest BCUT2D eigenvalue weighted by molar-refractivity contribution is 8.03. The van der Waals surface area contributed by atoms with E-state index in [1.807, 2.05) is 6.92 Å². The van der Waals surface area contributed by atoms with Gasteiger partial charge in [0.1, 0.15) is 5.70 Å². The van der Waals surface area contributed by atoms with Gasteiger partial charge in [-0.3, -0.25) is 14.4 Å². The molecule has 5 rings (SSSR count). The number of carbonyl (C=O) groups excluding carboxylic acids is 3. The number of hydrogen-bond donors (Lipinski definition) is 4. The number of anilines is 1. The predicted molar refractivity (Wildman–Crippen MR) is 144 cm³/mol. The second-order valence-electron chi connectivity index (χ2n) is 10.1. The van der Waals surface area contributed by atoms with E-state index in [4.69, 9.17) is 16.6 Å². The zero-order chi connectivity index (χ0) is 27.3. The lowest BCUT2D eigenvalue weighted by Gasteiger charge is -2.46. The molecule has 2 aromatic rings. The maximum atomic E-state index is 13.6. The van der Waals surface area contributed by atoms with Gasteiger partial charge in [0.2, 0.25) is 17.7 Å². The van der Waals surface area contributed by atoms with Gasteiger partial charge in [-0.05, 0) is 49.8 Å². The number of nitrogens with one attached hydrogen (secondary N) is 3. The number of aromatic nitrogens is 2. The van der Waals surface area contributed by atoms with Crippen molar-refractivity contribution in [2.45, 2.75) is 43.7 Å². The van der Waals surface area contributed by atoms with Gasteiger partial charge in [-0.1, -0.05) is 6.92 Å². The number of aromatic amines is 1. The molecule has 2 fully saturated rings. The number of aliphatic hydroxyl groups is 1. The normalized spacial score (nSPS) is 27.2. The quantitative estimate of drug-likeness (QED) is 0.296. The molecule has 11 nitrogen and oxygen atoms in total. The summed E-state index contributed by atoms with van der Waals surface area (Å²) in [5.74, 6) is -0.968. The van der Waals surface area contributed by atoms with Crippen molar-refractivity contribution in [1.82, 2.24) is 25.3 Å². The van der Waals surface area contributed by atoms with E-state index in [0.29, 0.717) is 35.8 Å². The van der Waals surface area contributed by atoms with Crippen LogP contribution in [0.1, 0.15) is 20.3 Å². The number of H-pyrrole nitrogens is 1. The number of fused-ring (bicyclic) bond motifs is 1. The number of thioether (sulfide) groups is 1. The molecule has 1 aromatic heterocycles. The molecule has 6 unspecified atom stereocenters. The van der Waals surface area contributed by atoms with Gasteiger partial charge in [0.25, 0.3) is 10.7 Å². The topological polar surface area (TPSA) is 144 Å². The van der Waals surface area contributed by atoms with Crippen molar-refractivity contribution in [3.05, 3.63) is 39.7 Å². The Morgan fingerprint density at radius 2 is 2.03 bits per heavy atom. The molecule has 3 aliphatic heterocycles. The molecule has 4 heterocycles. The van der Waals surface area contributed by atoms with E-state index in [1.54, 1.807) is 61.9 Å². The van der Waals surface area contributed by atoms with Crippen LogP contribution >= 0.6 is 24.0 Å². The van der Waals surface area contributed by atoms with E-state index in [-0.39, 0.29) is 39.9 Å². The van der Waals surface area contributed by atoms with E-state index in [0.717, 1.165) is 4.91 Å². The van der Waals surface area contributed by atoms with Gasteiger partial charge in [0.15, 0.2) is 0 Å². The Kier molecular flexibility index (Phi) is 7.20. The molecule has 202 valence electrons. The fourth-order valence-corrected chi connectivity index (χ4v) is 7.01. The van der Waals surface area contributed by atoms with Crippen LogP contribution < -0.4 is 10.6 Å². The largest absolute Gasteiger partial charge is 0.409 e. The molecule has 0 aliphatic carbocycles. The van der Waals surface area contributed by atoms with Crippen molar-refractivity contribution in [2.75, 3.05) is 26.0 Å². The standard InChI is InChI=1S/C25H30N6O5S2/c1-11-18-17(12(2)32)24(35)31(18)19(20(11)38-15-9-16(26-10-15)23(34)30(3)4)21(33)27-14-7-5-13(6-8-14)22-28-29-25(37)36-22/h5-8,11-12,15-18,26,32H,9-10H2,1-4H3,(H,27,33)(H,29,37). The first kappa shape index (κ1) is 26.6. The van der Waals surface area contributed by atoms with Gasteiger partial charge in [-0.25, -0.2) is 5.10 Å². The Hall–Kier alpha value is -3.00. The Balaban J connectivity index is 1.38. The summed E-state index contributed by atoms with van der Waals surface area (Å²) in [7, 11) is 3.46. The van der Waals surface area contributed by atoms with E-state index in [2.05, 4.69) is 20.8 Å². The predicted octanol–water partition coefficient (Wildman–Crippen LogP) is 1.96. The minimum absolute atomic E-state index is 0.0164. The van der Waals surface area contributed by atoms with Crippen LogP contribution in [0.5, 0.6) is 0 Å². The Morgan fingerprint density at radius 3 is 2.63 bits per heavy atom. The average molecular weight is 559 g/mol. The number of benzene rings is 1. The molecule has 2 saturated heterocycles. The van der Waals surface area contributed by atoms with Gasteiger partial charge in [-0.2, -0.15) is 0 Å². The zero-order valence-electron chi connectivity index (χ0n) is 21.4. The van der Waals surface area contributed by atoms with Crippen molar-refractivity contribution in [3.63, 3.8) is 0 Å². The number of β-lactam (4-membered cyclic amide) rings is 1. The van der Waals surface area contributed by atoms with Crippen LogP contribution in [-0.4, -0.2) is 86.9 Å². The van der Waals surface area contributed by atoms with Crippen LogP contribution in [0.2, 0.25) is 0 Å². The van der Waals surface area contributed by atoms with Crippen LogP contribution in [0, 0.1) is 16.7 Å². The number of amides is 3. The van der Waals surface area contributed by atoms with Gasteiger partial charge in [-0.15, -0.1) is 16.9 Å². The third-order valence-electron chi connectivity index (χ3n) is 7.27. The minimum Gasteiger partial charge on any atom is -0.409 e. The number of carbonyl (C=O) groups is 3. The summed E-state index contributed by atoms with van der Waals surface area (Å²) in [4.78, 5) is 43.2. The van der Waals surface area contributed by atoms with E-state index in [9.17, 15) is 19.5 Å². The lowest BCUT2D eigenvalue weighted by atomic mass is 9.79. The van der Waals surface area contributed by atoms with Crippen LogP contribution in [0.3, 0.4) is 0 Å². The molecule has 0 saturated carbocycles. The maximum absolute atomic E-state index is 13.6. The summed E-state index contributed by atoms with van der Waals surface area (Å²) in [6, 6.07) is 6.38. The molecular weight excluding hydrogens is 528 g/mol. The summed E-state index contributed by atoms with van der Waals surface area (Å²) >= 11 is 6.46. The molecule has 4 N–H and O–H groups in total. The molecule has 0 spiro atoms. The van der Waals surface area contributed by atoms with E-state index >= 15 is 0 Å². The molecule has 38 heavy (non-hydrogen) atoms. The molecule has 3 amide bonds. The summed E-state index contributed by atoms with van der Waals surface area (Å²) in [6.45, 7) is 4.21. The van der Waals surface area contributed by atoms with Gasteiger partial charge in [0.05, 0.1) is 24.1 Å².